The van der Waals surface area contributed by atoms with Crippen LogP contribution in [0, 0.1) is 0 Å². The molecule has 1 aromatic heterocycles. The number of alkyl halides is 1. The second-order valence-electron chi connectivity index (χ2n) is 3.93. The Morgan fingerprint density at radius 1 is 1.54 bits per heavy atom. The molecule has 0 N–H and O–H groups in total. The highest BCUT2D eigenvalue weighted by Crippen LogP contribution is 2.45. The lowest BCUT2D eigenvalue weighted by atomic mass is 10.2. The molecule has 3 heteroatoms. The molecule has 1 aliphatic rings. The van der Waals surface area contributed by atoms with E-state index in [0.717, 1.165) is 5.01 Å². The Balaban J connectivity index is 2.31. The molecule has 1 saturated carbocycles. The second-order valence-corrected chi connectivity index (χ2v) is 4.99. The molecule has 0 aliphatic heterocycles. The zero-order chi connectivity index (χ0) is 9.42. The molecule has 72 valence electrons. The first-order valence-electron chi connectivity index (χ1n) is 4.77. The lowest BCUT2D eigenvalue weighted by Gasteiger charge is -1.95. The van der Waals surface area contributed by atoms with E-state index in [-0.39, 0.29) is 0 Å². The summed E-state index contributed by atoms with van der Waals surface area (Å²) in [5, 5.41) is 1.09. The Kier molecular flexibility index (Phi) is 2.37. The van der Waals surface area contributed by atoms with Gasteiger partial charge in [-0.15, -0.1) is 11.3 Å². The Labute approximate surface area is 82.0 Å². The van der Waals surface area contributed by atoms with Crippen LogP contribution in [0.2, 0.25) is 0 Å². The molecule has 1 fully saturated rings. The van der Waals surface area contributed by atoms with Crippen LogP contribution >= 0.6 is 11.3 Å². The third-order valence-electron chi connectivity index (χ3n) is 2.31. The highest BCUT2D eigenvalue weighted by Gasteiger charge is 2.29. The quantitative estimate of drug-likeness (QED) is 0.724. The van der Waals surface area contributed by atoms with Crippen LogP contribution in [0.15, 0.2) is 0 Å². The molecule has 1 heterocycles. The van der Waals surface area contributed by atoms with Crippen LogP contribution in [0.5, 0.6) is 0 Å². The summed E-state index contributed by atoms with van der Waals surface area (Å²) in [4.78, 5) is 5.55. The topological polar surface area (TPSA) is 12.9 Å². The van der Waals surface area contributed by atoms with Gasteiger partial charge < -0.3 is 0 Å². The van der Waals surface area contributed by atoms with Crippen LogP contribution in [0.3, 0.4) is 0 Å². The largest absolute Gasteiger partial charge is 0.244 e. The molecule has 1 nitrogen and oxygen atoms in total. The monoisotopic (exact) mass is 199 g/mol. The van der Waals surface area contributed by atoms with Crippen molar-refractivity contribution in [2.75, 3.05) is 0 Å². The van der Waals surface area contributed by atoms with Crippen molar-refractivity contribution in [1.82, 2.24) is 4.98 Å². The Hall–Kier alpha value is -0.440. The van der Waals surface area contributed by atoms with E-state index >= 15 is 0 Å². The Morgan fingerprint density at radius 2 is 2.23 bits per heavy atom. The van der Waals surface area contributed by atoms with E-state index in [0.29, 0.717) is 17.5 Å². The van der Waals surface area contributed by atoms with Crippen molar-refractivity contribution in [1.29, 1.82) is 0 Å². The average molecular weight is 199 g/mol. The molecule has 0 unspecified atom stereocenters. The number of halogens is 1. The van der Waals surface area contributed by atoms with Crippen molar-refractivity contribution < 1.29 is 4.39 Å². The molecule has 0 spiro atoms. The fourth-order valence-corrected chi connectivity index (χ4v) is 2.63. The first-order chi connectivity index (χ1) is 6.22. The van der Waals surface area contributed by atoms with Crippen LogP contribution < -0.4 is 0 Å². The number of hydrogen-bond donors (Lipinski definition) is 0. The zero-order valence-corrected chi connectivity index (χ0v) is 8.83. The predicted octanol–water partition coefficient (Wildman–Crippen LogP) is 3.61. The van der Waals surface area contributed by atoms with Crippen molar-refractivity contribution >= 4 is 11.3 Å². The normalized spacial score (nSPS) is 16.9. The number of nitrogens with zero attached hydrogens (tertiary/aromatic N) is 1. The molecular formula is C10H14FNS. The minimum absolute atomic E-state index is 0.394. The summed E-state index contributed by atoms with van der Waals surface area (Å²) in [7, 11) is 0. The van der Waals surface area contributed by atoms with Crippen LogP contribution in [0.1, 0.15) is 54.1 Å². The summed E-state index contributed by atoms with van der Waals surface area (Å²) >= 11 is 1.71. The van der Waals surface area contributed by atoms with Crippen molar-refractivity contribution in [3.05, 3.63) is 15.6 Å². The smallest absolute Gasteiger partial charge is 0.133 e. The highest BCUT2D eigenvalue weighted by molar-refractivity contribution is 7.12. The van der Waals surface area contributed by atoms with Gasteiger partial charge in [0, 0.05) is 10.8 Å². The van der Waals surface area contributed by atoms with Crippen molar-refractivity contribution in [3.63, 3.8) is 0 Å². The summed E-state index contributed by atoms with van der Waals surface area (Å²) < 4.78 is 12.6. The van der Waals surface area contributed by atoms with E-state index in [2.05, 4.69) is 18.8 Å². The minimum Gasteiger partial charge on any atom is -0.244 e. The lowest BCUT2D eigenvalue weighted by Crippen LogP contribution is -1.87. The van der Waals surface area contributed by atoms with Gasteiger partial charge in [0.25, 0.3) is 0 Å². The summed E-state index contributed by atoms with van der Waals surface area (Å²) in [6, 6.07) is 0. The SMILES string of the molecule is CC(C)c1nc(CF)c(C2CC2)s1. The van der Waals surface area contributed by atoms with Gasteiger partial charge in [-0.3, -0.25) is 0 Å². The fraction of sp³-hybridized carbons (Fsp3) is 0.700. The maximum absolute atomic E-state index is 12.6. The average Bonchev–Trinajstić information content (AvgIpc) is 2.84. The molecule has 0 bridgehead atoms. The molecule has 0 amide bonds. The van der Waals surface area contributed by atoms with Gasteiger partial charge >= 0.3 is 0 Å². The maximum atomic E-state index is 12.6. The standard InChI is InChI=1S/C10H14FNS/c1-6(2)10-12-8(5-11)9(13-10)7-3-4-7/h6-7H,3-5H2,1-2H3. The minimum atomic E-state index is -0.394. The predicted molar refractivity (Wildman–Crippen MR) is 53.0 cm³/mol. The summed E-state index contributed by atoms with van der Waals surface area (Å²) in [6.45, 7) is 3.82. The number of aromatic nitrogens is 1. The lowest BCUT2D eigenvalue weighted by molar-refractivity contribution is 0.474. The van der Waals surface area contributed by atoms with Crippen molar-refractivity contribution in [2.24, 2.45) is 0 Å². The second kappa shape index (κ2) is 3.37. The van der Waals surface area contributed by atoms with Gasteiger partial charge in [-0.2, -0.15) is 0 Å². The van der Waals surface area contributed by atoms with Gasteiger partial charge in [-0.25, -0.2) is 9.37 Å². The highest BCUT2D eigenvalue weighted by atomic mass is 32.1. The number of rotatable bonds is 3. The van der Waals surface area contributed by atoms with Gasteiger partial charge in [0.1, 0.15) is 6.67 Å². The van der Waals surface area contributed by atoms with E-state index in [4.69, 9.17) is 0 Å². The third kappa shape index (κ3) is 1.75. The fourth-order valence-electron chi connectivity index (χ4n) is 1.39. The van der Waals surface area contributed by atoms with Crippen LogP contribution in [0.4, 0.5) is 4.39 Å². The molecule has 0 saturated heterocycles. The summed E-state index contributed by atoms with van der Waals surface area (Å²) in [6.07, 6.45) is 2.46. The van der Waals surface area contributed by atoms with Crippen LogP contribution in [-0.4, -0.2) is 4.98 Å². The van der Waals surface area contributed by atoms with Crippen LogP contribution in [-0.2, 0) is 6.67 Å². The van der Waals surface area contributed by atoms with E-state index < -0.39 is 6.67 Å². The van der Waals surface area contributed by atoms with E-state index in [1.54, 1.807) is 11.3 Å². The molecule has 0 aromatic carbocycles. The Morgan fingerprint density at radius 3 is 2.69 bits per heavy atom. The summed E-state index contributed by atoms with van der Waals surface area (Å²) in [5.41, 5.74) is 0.705. The van der Waals surface area contributed by atoms with Gasteiger partial charge in [0.05, 0.1) is 10.7 Å². The molecular weight excluding hydrogens is 185 g/mol. The van der Waals surface area contributed by atoms with Gasteiger partial charge in [-0.05, 0) is 18.8 Å². The molecule has 13 heavy (non-hydrogen) atoms. The first kappa shape index (κ1) is 9.13. The van der Waals surface area contributed by atoms with Crippen molar-refractivity contribution in [2.45, 2.75) is 45.2 Å². The van der Waals surface area contributed by atoms with Gasteiger partial charge in [0.2, 0.25) is 0 Å². The Bertz CT molecular complexity index is 302. The number of hydrogen-bond acceptors (Lipinski definition) is 2. The van der Waals surface area contributed by atoms with E-state index in [1.807, 2.05) is 0 Å². The first-order valence-corrected chi connectivity index (χ1v) is 5.59. The molecule has 1 aromatic rings. The van der Waals surface area contributed by atoms with E-state index in [1.165, 1.54) is 17.7 Å². The van der Waals surface area contributed by atoms with Crippen LogP contribution in [0.25, 0.3) is 0 Å². The van der Waals surface area contributed by atoms with Gasteiger partial charge in [-0.1, -0.05) is 13.8 Å². The molecule has 0 radical (unpaired) electrons. The maximum Gasteiger partial charge on any atom is 0.133 e. The third-order valence-corrected chi connectivity index (χ3v) is 3.87. The molecule has 1 aliphatic carbocycles. The zero-order valence-electron chi connectivity index (χ0n) is 8.01. The molecule has 2 rings (SSSR count). The molecule has 0 atom stereocenters. The number of thiazole rings is 1. The van der Waals surface area contributed by atoms with Crippen molar-refractivity contribution in [3.8, 4) is 0 Å². The van der Waals surface area contributed by atoms with Gasteiger partial charge in [0.15, 0.2) is 0 Å². The van der Waals surface area contributed by atoms with E-state index in [9.17, 15) is 4.39 Å². The summed E-state index contributed by atoms with van der Waals surface area (Å²) in [5.74, 6) is 1.07.